The Labute approximate surface area is 134 Å². The van der Waals surface area contributed by atoms with Crippen molar-refractivity contribution in [3.8, 4) is 5.69 Å². The van der Waals surface area contributed by atoms with Gasteiger partial charge in [0.05, 0.1) is 23.1 Å². The first kappa shape index (κ1) is 13.5. The van der Waals surface area contributed by atoms with Gasteiger partial charge in [0.2, 0.25) is 0 Å². The van der Waals surface area contributed by atoms with Crippen LogP contribution in [0.25, 0.3) is 16.6 Å². The molecule has 112 valence electrons. The molecule has 4 nitrogen and oxygen atoms in total. The molecular weight excluding hydrogens is 284 g/mol. The largest absolute Gasteiger partial charge is 0.379 e. The minimum absolute atomic E-state index is 0.711. The summed E-state index contributed by atoms with van der Waals surface area (Å²) in [5.41, 5.74) is 4.22. The zero-order valence-corrected chi connectivity index (χ0v) is 12.6. The van der Waals surface area contributed by atoms with E-state index < -0.39 is 0 Å². The van der Waals surface area contributed by atoms with E-state index >= 15 is 0 Å². The summed E-state index contributed by atoms with van der Waals surface area (Å²) in [6, 6.07) is 20.3. The van der Waals surface area contributed by atoms with Gasteiger partial charge in [-0.3, -0.25) is 4.98 Å². The fourth-order valence-electron chi connectivity index (χ4n) is 2.62. The molecule has 0 fully saturated rings. The Morgan fingerprint density at radius 1 is 0.913 bits per heavy atom. The predicted molar refractivity (Wildman–Crippen MR) is 92.6 cm³/mol. The van der Waals surface area contributed by atoms with Crippen molar-refractivity contribution < 1.29 is 0 Å². The van der Waals surface area contributed by atoms with Gasteiger partial charge in [0.1, 0.15) is 0 Å². The number of aromatic nitrogens is 3. The molecule has 0 saturated carbocycles. The number of rotatable bonds is 4. The number of para-hydroxylation sites is 2. The topological polar surface area (TPSA) is 42.7 Å². The van der Waals surface area contributed by atoms with Crippen LogP contribution in [0, 0.1) is 0 Å². The number of benzene rings is 2. The summed E-state index contributed by atoms with van der Waals surface area (Å²) in [7, 11) is 0. The molecule has 4 aromatic rings. The minimum Gasteiger partial charge on any atom is -0.379 e. The van der Waals surface area contributed by atoms with Gasteiger partial charge in [-0.1, -0.05) is 36.4 Å². The highest BCUT2D eigenvalue weighted by molar-refractivity contribution is 5.90. The summed E-state index contributed by atoms with van der Waals surface area (Å²) in [5, 5.41) is 9.01. The Bertz CT molecular complexity index is 923. The number of nitrogens with one attached hydrogen (secondary N) is 1. The summed E-state index contributed by atoms with van der Waals surface area (Å²) in [6.45, 7) is 0.711. The van der Waals surface area contributed by atoms with E-state index in [1.807, 2.05) is 65.7 Å². The molecule has 0 spiro atoms. The second-order valence-electron chi connectivity index (χ2n) is 5.36. The molecule has 0 amide bonds. The summed E-state index contributed by atoms with van der Waals surface area (Å²) in [5.74, 6) is 0. The third-order valence-electron chi connectivity index (χ3n) is 3.77. The lowest BCUT2D eigenvalue weighted by Crippen LogP contribution is -2.00. The summed E-state index contributed by atoms with van der Waals surface area (Å²) in [4.78, 5) is 4.46. The van der Waals surface area contributed by atoms with Gasteiger partial charge in [-0.05, 0) is 24.3 Å². The highest BCUT2D eigenvalue weighted by Crippen LogP contribution is 2.21. The smallest absolute Gasteiger partial charge is 0.0933 e. The molecule has 0 aliphatic heterocycles. The van der Waals surface area contributed by atoms with Crippen molar-refractivity contribution >= 4 is 16.6 Å². The Kier molecular flexibility index (Phi) is 3.48. The van der Waals surface area contributed by atoms with Crippen LogP contribution in [0.15, 0.2) is 79.3 Å². The normalized spacial score (nSPS) is 10.8. The van der Waals surface area contributed by atoms with Crippen LogP contribution in [0.5, 0.6) is 0 Å². The molecule has 0 unspecified atom stereocenters. The predicted octanol–water partition coefficient (Wildman–Crippen LogP) is 4.03. The van der Waals surface area contributed by atoms with E-state index in [-0.39, 0.29) is 0 Å². The molecule has 4 heteroatoms. The average molecular weight is 300 g/mol. The van der Waals surface area contributed by atoms with E-state index in [0.29, 0.717) is 6.54 Å². The van der Waals surface area contributed by atoms with Crippen LogP contribution in [0.4, 0.5) is 5.69 Å². The molecule has 0 aliphatic carbocycles. The molecule has 2 heterocycles. The lowest BCUT2D eigenvalue weighted by molar-refractivity contribution is 0.880. The highest BCUT2D eigenvalue weighted by atomic mass is 15.3. The first-order valence-electron chi connectivity index (χ1n) is 7.57. The van der Waals surface area contributed by atoms with E-state index in [1.54, 1.807) is 0 Å². The number of hydrogen-bond acceptors (Lipinski definition) is 3. The zero-order valence-electron chi connectivity index (χ0n) is 12.6. The second kappa shape index (κ2) is 5.93. The van der Waals surface area contributed by atoms with Gasteiger partial charge >= 0.3 is 0 Å². The lowest BCUT2D eigenvalue weighted by Gasteiger charge is -2.07. The molecule has 2 aromatic carbocycles. The number of nitrogens with zero attached hydrogens (tertiary/aromatic N) is 3. The molecule has 23 heavy (non-hydrogen) atoms. The molecular formula is C19H16N4. The standard InChI is InChI=1S/C19H16N4/c1-2-8-17(9-3-1)23-14-15(13-22-23)12-21-18-10-4-6-16-7-5-11-20-19(16)18/h1-11,13-14,21H,12H2. The second-order valence-corrected chi connectivity index (χ2v) is 5.36. The lowest BCUT2D eigenvalue weighted by atomic mass is 10.2. The van der Waals surface area contributed by atoms with Gasteiger partial charge in [-0.15, -0.1) is 0 Å². The Balaban J connectivity index is 1.54. The van der Waals surface area contributed by atoms with Crippen LogP contribution < -0.4 is 5.32 Å². The van der Waals surface area contributed by atoms with Crippen molar-refractivity contribution in [1.29, 1.82) is 0 Å². The number of anilines is 1. The molecule has 4 rings (SSSR count). The summed E-state index contributed by atoms with van der Waals surface area (Å²) < 4.78 is 1.89. The van der Waals surface area contributed by atoms with E-state index in [0.717, 1.165) is 27.8 Å². The van der Waals surface area contributed by atoms with Crippen molar-refractivity contribution in [3.63, 3.8) is 0 Å². The maximum atomic E-state index is 4.46. The molecule has 0 radical (unpaired) electrons. The van der Waals surface area contributed by atoms with E-state index in [9.17, 15) is 0 Å². The summed E-state index contributed by atoms with van der Waals surface area (Å²) in [6.07, 6.45) is 5.75. The molecule has 2 aromatic heterocycles. The number of hydrogen-bond donors (Lipinski definition) is 1. The van der Waals surface area contributed by atoms with Crippen LogP contribution in [-0.2, 0) is 6.54 Å². The van der Waals surface area contributed by atoms with Crippen molar-refractivity contribution in [1.82, 2.24) is 14.8 Å². The first-order chi connectivity index (χ1) is 11.4. The van der Waals surface area contributed by atoms with Crippen LogP contribution in [-0.4, -0.2) is 14.8 Å². The Morgan fingerprint density at radius 2 is 1.78 bits per heavy atom. The molecule has 0 saturated heterocycles. The molecule has 1 N–H and O–H groups in total. The fourth-order valence-corrected chi connectivity index (χ4v) is 2.62. The van der Waals surface area contributed by atoms with Crippen molar-refractivity contribution in [2.24, 2.45) is 0 Å². The van der Waals surface area contributed by atoms with E-state index in [4.69, 9.17) is 0 Å². The van der Waals surface area contributed by atoms with Gasteiger partial charge in [0.25, 0.3) is 0 Å². The zero-order chi connectivity index (χ0) is 15.5. The van der Waals surface area contributed by atoms with Crippen LogP contribution in [0.3, 0.4) is 0 Å². The van der Waals surface area contributed by atoms with Crippen molar-refractivity contribution in [3.05, 3.63) is 84.8 Å². The Morgan fingerprint density at radius 3 is 2.70 bits per heavy atom. The SMILES string of the molecule is c1ccc(-n2cc(CNc3cccc4cccnc34)cn2)cc1. The van der Waals surface area contributed by atoms with E-state index in [1.165, 1.54) is 0 Å². The average Bonchev–Trinajstić information content (AvgIpc) is 3.10. The molecule has 0 aliphatic rings. The van der Waals surface area contributed by atoms with Crippen LogP contribution >= 0.6 is 0 Å². The third-order valence-corrected chi connectivity index (χ3v) is 3.77. The van der Waals surface area contributed by atoms with Gasteiger partial charge < -0.3 is 5.32 Å². The van der Waals surface area contributed by atoms with Gasteiger partial charge in [0, 0.05) is 29.9 Å². The maximum absolute atomic E-state index is 4.46. The van der Waals surface area contributed by atoms with E-state index in [2.05, 4.69) is 33.6 Å². The number of pyridine rings is 1. The maximum Gasteiger partial charge on any atom is 0.0933 e. The minimum atomic E-state index is 0.711. The summed E-state index contributed by atoms with van der Waals surface area (Å²) >= 11 is 0. The van der Waals surface area contributed by atoms with Crippen LogP contribution in [0.1, 0.15) is 5.56 Å². The molecule has 0 bridgehead atoms. The van der Waals surface area contributed by atoms with Crippen molar-refractivity contribution in [2.75, 3.05) is 5.32 Å². The van der Waals surface area contributed by atoms with Crippen LogP contribution in [0.2, 0.25) is 0 Å². The quantitative estimate of drug-likeness (QED) is 0.618. The fraction of sp³-hybridized carbons (Fsp3) is 0.0526. The monoisotopic (exact) mass is 300 g/mol. The first-order valence-corrected chi connectivity index (χ1v) is 7.57. The Hall–Kier alpha value is -3.14. The van der Waals surface area contributed by atoms with Gasteiger partial charge in [-0.2, -0.15) is 5.10 Å². The number of fused-ring (bicyclic) bond motifs is 1. The van der Waals surface area contributed by atoms with Gasteiger partial charge in [0.15, 0.2) is 0 Å². The molecule has 0 atom stereocenters. The highest BCUT2D eigenvalue weighted by Gasteiger charge is 2.03. The van der Waals surface area contributed by atoms with Gasteiger partial charge in [-0.25, -0.2) is 4.68 Å². The van der Waals surface area contributed by atoms with Crippen molar-refractivity contribution in [2.45, 2.75) is 6.54 Å². The third kappa shape index (κ3) is 2.79.